The Balaban J connectivity index is 1.35. The van der Waals surface area contributed by atoms with Crippen molar-refractivity contribution in [3.63, 3.8) is 0 Å². The van der Waals surface area contributed by atoms with Crippen molar-refractivity contribution in [2.45, 2.75) is 22.9 Å². The Morgan fingerprint density at radius 3 is 3.03 bits per heavy atom. The van der Waals surface area contributed by atoms with Gasteiger partial charge >= 0.3 is 0 Å². The predicted octanol–water partition coefficient (Wildman–Crippen LogP) is 3.29. The SMILES string of the molecule is COCCNc1ccc2nnc(Sc3ccc4nc(NC(=O)C5CC5)sc4c3)n2n1. The second-order valence-corrected chi connectivity index (χ2v) is 8.98. The number of nitrogens with one attached hydrogen (secondary N) is 2. The lowest BCUT2D eigenvalue weighted by Gasteiger charge is -2.05. The number of rotatable bonds is 8. The van der Waals surface area contributed by atoms with Gasteiger partial charge in [-0.2, -0.15) is 4.52 Å². The summed E-state index contributed by atoms with van der Waals surface area (Å²) in [5.41, 5.74) is 1.54. The fraction of sp³-hybridized carbons (Fsp3) is 0.316. The summed E-state index contributed by atoms with van der Waals surface area (Å²) in [5.74, 6) is 0.959. The van der Waals surface area contributed by atoms with E-state index in [1.807, 2.05) is 30.3 Å². The number of thiazole rings is 1. The third-order valence-electron chi connectivity index (χ3n) is 4.59. The topological polar surface area (TPSA) is 106 Å². The molecule has 4 aromatic rings. The minimum absolute atomic E-state index is 0.0690. The Kier molecular flexibility index (Phi) is 5.23. The molecule has 154 valence electrons. The maximum absolute atomic E-state index is 12.0. The van der Waals surface area contributed by atoms with Gasteiger partial charge in [0.2, 0.25) is 11.1 Å². The summed E-state index contributed by atoms with van der Waals surface area (Å²) in [6.07, 6.45) is 1.95. The lowest BCUT2D eigenvalue weighted by molar-refractivity contribution is -0.117. The fourth-order valence-corrected chi connectivity index (χ4v) is 4.70. The number of hydrogen-bond donors (Lipinski definition) is 2. The molecule has 0 radical (unpaired) electrons. The van der Waals surface area contributed by atoms with E-state index in [9.17, 15) is 4.79 Å². The van der Waals surface area contributed by atoms with Crippen LogP contribution in [0.15, 0.2) is 40.4 Å². The molecule has 5 rings (SSSR count). The molecule has 0 aliphatic heterocycles. The first-order chi connectivity index (χ1) is 14.7. The Bertz CT molecular complexity index is 1220. The van der Waals surface area contributed by atoms with Crippen LogP contribution < -0.4 is 10.6 Å². The molecule has 11 heteroatoms. The summed E-state index contributed by atoms with van der Waals surface area (Å²) in [6.45, 7) is 1.27. The average Bonchev–Trinajstić information content (AvgIpc) is 3.42. The smallest absolute Gasteiger partial charge is 0.229 e. The zero-order chi connectivity index (χ0) is 20.5. The summed E-state index contributed by atoms with van der Waals surface area (Å²) in [7, 11) is 1.66. The van der Waals surface area contributed by atoms with Gasteiger partial charge < -0.3 is 15.4 Å². The van der Waals surface area contributed by atoms with E-state index >= 15 is 0 Å². The van der Waals surface area contributed by atoms with Gasteiger partial charge in [-0.3, -0.25) is 4.79 Å². The summed E-state index contributed by atoms with van der Waals surface area (Å²) < 4.78 is 7.79. The van der Waals surface area contributed by atoms with E-state index in [1.54, 1.807) is 11.6 Å². The van der Waals surface area contributed by atoms with Crippen LogP contribution in [0.5, 0.6) is 0 Å². The van der Waals surface area contributed by atoms with E-state index in [2.05, 4.69) is 30.9 Å². The maximum atomic E-state index is 12.0. The van der Waals surface area contributed by atoms with E-state index in [0.29, 0.717) is 29.1 Å². The van der Waals surface area contributed by atoms with Crippen molar-refractivity contribution in [1.82, 2.24) is 24.8 Å². The highest BCUT2D eigenvalue weighted by molar-refractivity contribution is 7.99. The molecule has 1 fully saturated rings. The number of hydrogen-bond acceptors (Lipinski definition) is 9. The third-order valence-corrected chi connectivity index (χ3v) is 6.45. The number of ether oxygens (including phenoxy) is 1. The van der Waals surface area contributed by atoms with Crippen molar-refractivity contribution >= 4 is 55.8 Å². The lowest BCUT2D eigenvalue weighted by atomic mass is 10.3. The molecular weight excluding hydrogens is 422 g/mol. The molecule has 3 aromatic heterocycles. The van der Waals surface area contributed by atoms with Gasteiger partial charge in [0.25, 0.3) is 0 Å². The first-order valence-electron chi connectivity index (χ1n) is 9.54. The van der Waals surface area contributed by atoms with E-state index < -0.39 is 0 Å². The zero-order valence-corrected chi connectivity index (χ0v) is 17.8. The minimum Gasteiger partial charge on any atom is -0.383 e. The third kappa shape index (κ3) is 4.09. The highest BCUT2D eigenvalue weighted by Gasteiger charge is 2.30. The minimum atomic E-state index is 0.0690. The van der Waals surface area contributed by atoms with Gasteiger partial charge in [-0.25, -0.2) is 4.98 Å². The molecule has 0 spiro atoms. The Morgan fingerprint density at radius 1 is 1.30 bits per heavy atom. The molecule has 1 aliphatic carbocycles. The first kappa shape index (κ1) is 19.2. The zero-order valence-electron chi connectivity index (χ0n) is 16.2. The summed E-state index contributed by atoms with van der Waals surface area (Å²) in [5, 5.41) is 20.5. The van der Waals surface area contributed by atoms with Gasteiger partial charge in [-0.15, -0.1) is 15.3 Å². The number of fused-ring (bicyclic) bond motifs is 2. The Morgan fingerprint density at radius 2 is 2.20 bits per heavy atom. The standard InChI is InChI=1S/C19H19N7O2S2/c1-28-9-8-20-15-6-7-16-23-24-19(26(16)25-15)29-12-4-5-13-14(10-12)30-18(21-13)22-17(27)11-2-3-11/h4-7,10-11H,2-3,8-9H2,1H3,(H,20,25)(H,21,22,27). The number of nitrogens with zero attached hydrogens (tertiary/aromatic N) is 5. The molecule has 0 bridgehead atoms. The van der Waals surface area contributed by atoms with Gasteiger partial charge in [0.05, 0.1) is 16.8 Å². The van der Waals surface area contributed by atoms with E-state index in [-0.39, 0.29) is 11.8 Å². The van der Waals surface area contributed by atoms with Crippen molar-refractivity contribution in [3.05, 3.63) is 30.3 Å². The molecule has 30 heavy (non-hydrogen) atoms. The quantitative estimate of drug-likeness (QED) is 0.401. The van der Waals surface area contributed by atoms with Crippen molar-refractivity contribution in [1.29, 1.82) is 0 Å². The molecule has 0 atom stereocenters. The van der Waals surface area contributed by atoms with Crippen LogP contribution in [0, 0.1) is 5.92 Å². The second kappa shape index (κ2) is 8.17. The molecular formula is C19H19N7O2S2. The second-order valence-electron chi connectivity index (χ2n) is 6.90. The van der Waals surface area contributed by atoms with Gasteiger partial charge in [-0.05, 0) is 54.9 Å². The van der Waals surface area contributed by atoms with Gasteiger partial charge in [0, 0.05) is 24.5 Å². The monoisotopic (exact) mass is 441 g/mol. The molecule has 1 saturated carbocycles. The summed E-state index contributed by atoms with van der Waals surface area (Å²) >= 11 is 2.96. The van der Waals surface area contributed by atoms with Crippen LogP contribution in [-0.4, -0.2) is 51.0 Å². The predicted molar refractivity (Wildman–Crippen MR) is 116 cm³/mol. The Hall–Kier alpha value is -2.76. The number of methoxy groups -OCH3 is 1. The van der Waals surface area contributed by atoms with Crippen LogP contribution in [-0.2, 0) is 9.53 Å². The van der Waals surface area contributed by atoms with Crippen LogP contribution in [0.1, 0.15) is 12.8 Å². The lowest BCUT2D eigenvalue weighted by Crippen LogP contribution is -2.12. The molecule has 0 unspecified atom stereocenters. The molecule has 0 saturated heterocycles. The molecule has 2 N–H and O–H groups in total. The van der Waals surface area contributed by atoms with Crippen LogP contribution in [0.25, 0.3) is 15.9 Å². The molecule has 1 amide bonds. The molecule has 9 nitrogen and oxygen atoms in total. The number of amides is 1. The average molecular weight is 442 g/mol. The van der Waals surface area contributed by atoms with Crippen molar-refractivity contribution < 1.29 is 9.53 Å². The number of aromatic nitrogens is 5. The summed E-state index contributed by atoms with van der Waals surface area (Å²) in [6, 6.07) is 9.73. The number of carbonyl (C=O) groups excluding carboxylic acids is 1. The van der Waals surface area contributed by atoms with Gasteiger partial charge in [0.1, 0.15) is 5.82 Å². The fourth-order valence-electron chi connectivity index (χ4n) is 2.89. The van der Waals surface area contributed by atoms with Gasteiger partial charge in [-0.1, -0.05) is 11.3 Å². The van der Waals surface area contributed by atoms with Crippen LogP contribution in [0.2, 0.25) is 0 Å². The molecule has 1 aromatic carbocycles. The molecule has 3 heterocycles. The van der Waals surface area contributed by atoms with Crippen LogP contribution in [0.3, 0.4) is 0 Å². The number of anilines is 2. The van der Waals surface area contributed by atoms with E-state index in [1.165, 1.54) is 23.1 Å². The van der Waals surface area contributed by atoms with E-state index in [4.69, 9.17) is 4.74 Å². The highest BCUT2D eigenvalue weighted by atomic mass is 32.2. The first-order valence-corrected chi connectivity index (χ1v) is 11.2. The van der Waals surface area contributed by atoms with Crippen LogP contribution >= 0.6 is 23.1 Å². The Labute approximate surface area is 180 Å². The van der Waals surface area contributed by atoms with E-state index in [0.717, 1.165) is 33.8 Å². The van der Waals surface area contributed by atoms with Crippen molar-refractivity contribution in [2.24, 2.45) is 5.92 Å². The maximum Gasteiger partial charge on any atom is 0.229 e. The number of benzene rings is 1. The van der Waals surface area contributed by atoms with Crippen LogP contribution in [0.4, 0.5) is 10.9 Å². The normalized spacial score (nSPS) is 13.8. The number of carbonyl (C=O) groups is 1. The molecule has 1 aliphatic rings. The van der Waals surface area contributed by atoms with Crippen molar-refractivity contribution in [2.75, 3.05) is 30.9 Å². The largest absolute Gasteiger partial charge is 0.383 e. The summed E-state index contributed by atoms with van der Waals surface area (Å²) in [4.78, 5) is 17.5. The van der Waals surface area contributed by atoms with Gasteiger partial charge in [0.15, 0.2) is 10.8 Å². The highest BCUT2D eigenvalue weighted by Crippen LogP contribution is 2.34. The van der Waals surface area contributed by atoms with Crippen molar-refractivity contribution in [3.8, 4) is 0 Å².